The fourth-order valence-corrected chi connectivity index (χ4v) is 0. The van der Waals surface area contributed by atoms with Crippen molar-refractivity contribution >= 4 is 87.3 Å². The van der Waals surface area contributed by atoms with Crippen LogP contribution >= 0.6 is 0 Å². The molecule has 14 heavy (non-hydrogen) atoms. The largest absolute Gasteiger partial charge is 2.00 e. The van der Waals surface area contributed by atoms with Crippen molar-refractivity contribution in [3.63, 3.8) is 0 Å². The Balaban J connectivity index is -0.0000000178. The topological polar surface area (TPSA) is 184 Å². The van der Waals surface area contributed by atoms with Gasteiger partial charge in [0.05, 0.1) is 0 Å². The molecule has 14 heteroatoms. The van der Waals surface area contributed by atoms with Crippen molar-refractivity contribution in [2.75, 3.05) is 0 Å². The summed E-state index contributed by atoms with van der Waals surface area (Å²) >= 11 is 0. The molecule has 0 saturated heterocycles. The van der Waals surface area contributed by atoms with Gasteiger partial charge in [-0.25, -0.2) is 0 Å². The van der Waals surface area contributed by atoms with E-state index in [1.807, 2.05) is 0 Å². The van der Waals surface area contributed by atoms with E-state index in [1.54, 1.807) is 0 Å². The second-order valence-electron chi connectivity index (χ2n) is 1.00. The quantitative estimate of drug-likeness (QED) is 0.394. The van der Waals surface area contributed by atoms with Crippen LogP contribution in [0.3, 0.4) is 0 Å². The molecule has 0 aromatic rings. The first-order valence-corrected chi connectivity index (χ1v) is 4.90. The predicted octanol–water partition coefficient (Wildman–Crippen LogP) is -11.4. The summed E-state index contributed by atoms with van der Waals surface area (Å²) in [6.07, 6.45) is 0. The zero-order chi connectivity index (χ0) is 9.00. The molecule has 0 rings (SSSR count). The zero-order valence-electron chi connectivity index (χ0n) is 6.74. The Morgan fingerprint density at radius 2 is 0.429 bits per heavy atom. The summed E-state index contributed by atoms with van der Waals surface area (Å²) in [7, 11) is -11.2. The average Bonchev–Trinajstić information content (AvgIpc) is 1.12. The SMILES string of the molecule is [Fe+2].[Mg+2].[Mg+2].[Mg+2].[O-][Si]([O-])([O-])[O-].[O-][Si]([O-])([O-])[O-]. The van der Waals surface area contributed by atoms with Gasteiger partial charge in [-0.05, 0) is 0 Å². The minimum Gasteiger partial charge on any atom is -0.894 e. The van der Waals surface area contributed by atoms with E-state index in [1.165, 1.54) is 0 Å². The van der Waals surface area contributed by atoms with Crippen molar-refractivity contribution in [1.82, 2.24) is 0 Å². The summed E-state index contributed by atoms with van der Waals surface area (Å²) < 4.78 is 0. The second kappa shape index (κ2) is 15.9. The minimum atomic E-state index is -5.61. The molecule has 0 unspecified atom stereocenters. The Morgan fingerprint density at radius 3 is 0.429 bits per heavy atom. The van der Waals surface area contributed by atoms with Crippen LogP contribution in [0.15, 0.2) is 0 Å². The van der Waals surface area contributed by atoms with Crippen LogP contribution in [-0.2, 0) is 17.1 Å². The van der Waals surface area contributed by atoms with Gasteiger partial charge in [0.15, 0.2) is 0 Å². The molecule has 0 aliphatic rings. The first-order chi connectivity index (χ1) is 4.00. The summed E-state index contributed by atoms with van der Waals surface area (Å²) in [5.74, 6) is 0. The maximum atomic E-state index is 8.58. The molecule has 0 amide bonds. The predicted molar refractivity (Wildman–Crippen MR) is 28.8 cm³/mol. The van der Waals surface area contributed by atoms with Gasteiger partial charge >= 0.3 is 86.2 Å². The van der Waals surface area contributed by atoms with Gasteiger partial charge in [-0.3, -0.25) is 0 Å². The molecule has 70 valence electrons. The summed E-state index contributed by atoms with van der Waals surface area (Å²) in [6, 6.07) is 0. The van der Waals surface area contributed by atoms with Crippen molar-refractivity contribution in [1.29, 1.82) is 0 Å². The van der Waals surface area contributed by atoms with E-state index in [0.29, 0.717) is 0 Å². The molecule has 0 aliphatic carbocycles. The number of hydrogen-bond acceptors (Lipinski definition) is 8. The Labute approximate surface area is 141 Å². The van der Waals surface area contributed by atoms with Crippen LogP contribution < -0.4 is 38.4 Å². The molecule has 0 aromatic heterocycles. The van der Waals surface area contributed by atoms with E-state index in [-0.39, 0.29) is 86.2 Å². The Kier molecular flexibility index (Phi) is 40.9. The van der Waals surface area contributed by atoms with Crippen LogP contribution in [0.1, 0.15) is 0 Å². The van der Waals surface area contributed by atoms with Crippen LogP contribution in [0.25, 0.3) is 0 Å². The van der Waals surface area contributed by atoms with E-state index in [4.69, 9.17) is 38.4 Å². The standard InChI is InChI=1S/Fe.3Mg.2O4Si/c;;;;2*1-5(2,3)4/q4*+2;2*-4. The average molecular weight is 313 g/mol. The maximum Gasteiger partial charge on any atom is 2.00 e. The van der Waals surface area contributed by atoms with Crippen LogP contribution in [0, 0.1) is 0 Å². The van der Waals surface area contributed by atoms with Gasteiger partial charge in [-0.1, -0.05) is 0 Å². The van der Waals surface area contributed by atoms with Crippen molar-refractivity contribution in [2.24, 2.45) is 0 Å². The molecule has 0 bridgehead atoms. The monoisotopic (exact) mass is 312 g/mol. The summed E-state index contributed by atoms with van der Waals surface area (Å²) in [5, 5.41) is 0. The Morgan fingerprint density at radius 1 is 0.429 bits per heavy atom. The molecule has 8 nitrogen and oxygen atoms in total. The van der Waals surface area contributed by atoms with Crippen LogP contribution in [0.4, 0.5) is 0 Å². The zero-order valence-corrected chi connectivity index (χ0v) is 14.1. The van der Waals surface area contributed by atoms with Crippen molar-refractivity contribution in [2.45, 2.75) is 0 Å². The fraction of sp³-hybridized carbons (Fsp3) is 0. The molecule has 0 N–H and O–H groups in total. The van der Waals surface area contributed by atoms with Gasteiger partial charge in [0, 0.05) is 0 Å². The van der Waals surface area contributed by atoms with Gasteiger partial charge < -0.3 is 56.5 Å². The summed E-state index contributed by atoms with van der Waals surface area (Å²) in [5.41, 5.74) is 0. The molecule has 0 atom stereocenters. The molecular weight excluding hydrogens is 313 g/mol. The van der Waals surface area contributed by atoms with Gasteiger partial charge in [0.25, 0.3) is 0 Å². The van der Waals surface area contributed by atoms with Gasteiger partial charge in [0.2, 0.25) is 0 Å². The van der Waals surface area contributed by atoms with E-state index >= 15 is 0 Å². The molecule has 0 aliphatic heterocycles. The normalized spacial score (nSPS) is 8.57. The molecule has 0 heterocycles. The molecule has 0 saturated carbocycles. The molecule has 0 radical (unpaired) electrons. The molecular formula is FeMg3O8Si2. The minimum absolute atomic E-state index is 0. The van der Waals surface area contributed by atoms with Crippen LogP contribution in [0.2, 0.25) is 0 Å². The maximum absolute atomic E-state index is 8.58. The third-order valence-electron chi connectivity index (χ3n) is 0. The van der Waals surface area contributed by atoms with Crippen molar-refractivity contribution in [3.05, 3.63) is 0 Å². The Hall–Kier alpha value is 2.93. The second-order valence-corrected chi connectivity index (χ2v) is 3.00. The number of rotatable bonds is 0. The van der Waals surface area contributed by atoms with Gasteiger partial charge in [0.1, 0.15) is 0 Å². The summed E-state index contributed by atoms with van der Waals surface area (Å²) in [6.45, 7) is 0. The van der Waals surface area contributed by atoms with Crippen LogP contribution in [-0.4, -0.2) is 87.3 Å². The first kappa shape index (κ1) is 36.0. The number of hydrogen-bond donors (Lipinski definition) is 0. The third kappa shape index (κ3) is 337. The van der Waals surface area contributed by atoms with Crippen LogP contribution in [0.5, 0.6) is 0 Å². The van der Waals surface area contributed by atoms with E-state index < -0.39 is 18.1 Å². The van der Waals surface area contributed by atoms with Gasteiger partial charge in [-0.2, -0.15) is 0 Å². The fourth-order valence-electron chi connectivity index (χ4n) is 0. The summed E-state index contributed by atoms with van der Waals surface area (Å²) in [4.78, 5) is 68.6. The van der Waals surface area contributed by atoms with E-state index in [2.05, 4.69) is 0 Å². The van der Waals surface area contributed by atoms with E-state index in [9.17, 15) is 0 Å². The Bertz CT molecular complexity index is 65.6. The smallest absolute Gasteiger partial charge is 0.894 e. The molecule has 0 fully saturated rings. The third-order valence-corrected chi connectivity index (χ3v) is 0. The van der Waals surface area contributed by atoms with Gasteiger partial charge in [-0.15, -0.1) is 0 Å². The first-order valence-electron chi connectivity index (χ1n) is 1.63. The van der Waals surface area contributed by atoms with Crippen molar-refractivity contribution in [3.8, 4) is 0 Å². The van der Waals surface area contributed by atoms with E-state index in [0.717, 1.165) is 0 Å². The molecule has 0 spiro atoms. The molecule has 0 aromatic carbocycles. The van der Waals surface area contributed by atoms with Crippen molar-refractivity contribution < 1.29 is 55.4 Å².